The highest BCUT2D eigenvalue weighted by molar-refractivity contribution is 6.08. The third-order valence-electron chi connectivity index (χ3n) is 4.97. The first-order valence-electron chi connectivity index (χ1n) is 8.64. The average Bonchev–Trinajstić information content (AvgIpc) is 2.79. The summed E-state index contributed by atoms with van der Waals surface area (Å²) in [6.07, 6.45) is 2.66. The molecule has 7 heteroatoms. The lowest BCUT2D eigenvalue weighted by Gasteiger charge is -2.35. The van der Waals surface area contributed by atoms with Gasteiger partial charge in [-0.2, -0.15) is 0 Å². The number of piperidine rings is 1. The SMILES string of the molecule is C[C@@H]1C[C@@H](C)CN(C(=O)CN2C(=O)N[C@@](C)(c3ccccn3)C2=O)C1. The van der Waals surface area contributed by atoms with Crippen molar-refractivity contribution >= 4 is 17.8 Å². The number of pyridine rings is 1. The van der Waals surface area contributed by atoms with Crippen molar-refractivity contribution in [3.05, 3.63) is 30.1 Å². The fourth-order valence-corrected chi connectivity index (χ4v) is 3.77. The molecule has 25 heavy (non-hydrogen) atoms. The lowest BCUT2D eigenvalue weighted by Crippen LogP contribution is -2.48. The predicted octanol–water partition coefficient (Wildman–Crippen LogP) is 1.35. The maximum atomic E-state index is 12.8. The van der Waals surface area contributed by atoms with Gasteiger partial charge >= 0.3 is 6.03 Å². The number of urea groups is 1. The summed E-state index contributed by atoms with van der Waals surface area (Å²) < 4.78 is 0. The zero-order valence-corrected chi connectivity index (χ0v) is 14.9. The van der Waals surface area contributed by atoms with Gasteiger partial charge in [0.2, 0.25) is 5.91 Å². The Labute approximate surface area is 147 Å². The molecular weight excluding hydrogens is 320 g/mol. The van der Waals surface area contributed by atoms with E-state index in [2.05, 4.69) is 24.1 Å². The van der Waals surface area contributed by atoms with E-state index < -0.39 is 17.5 Å². The summed E-state index contributed by atoms with van der Waals surface area (Å²) in [5.74, 6) is 0.221. The number of hydrogen-bond donors (Lipinski definition) is 1. The van der Waals surface area contributed by atoms with Gasteiger partial charge in [0.05, 0.1) is 5.69 Å². The number of likely N-dealkylation sites (tertiary alicyclic amines) is 1. The van der Waals surface area contributed by atoms with E-state index in [0.29, 0.717) is 30.6 Å². The molecule has 2 saturated heterocycles. The van der Waals surface area contributed by atoms with Crippen LogP contribution in [0.1, 0.15) is 32.9 Å². The molecule has 0 radical (unpaired) electrons. The van der Waals surface area contributed by atoms with E-state index in [1.54, 1.807) is 36.2 Å². The van der Waals surface area contributed by atoms with Gasteiger partial charge in [0.1, 0.15) is 6.54 Å². The standard InChI is InChI=1S/C18H24N4O3/c1-12-8-13(2)10-21(9-12)15(23)11-22-16(24)18(3,20-17(22)25)14-6-4-5-7-19-14/h4-7,12-13H,8-11H2,1-3H3,(H,20,25)/t12-,13-,18+/m1/s1. The molecule has 3 atom stereocenters. The molecule has 0 unspecified atom stereocenters. The number of hydrogen-bond acceptors (Lipinski definition) is 4. The molecule has 2 aliphatic rings. The van der Waals surface area contributed by atoms with Crippen molar-refractivity contribution in [1.82, 2.24) is 20.1 Å². The minimum Gasteiger partial charge on any atom is -0.341 e. The molecular formula is C18H24N4O3. The van der Waals surface area contributed by atoms with Gasteiger partial charge in [-0.15, -0.1) is 0 Å². The highest BCUT2D eigenvalue weighted by atomic mass is 16.2. The summed E-state index contributed by atoms with van der Waals surface area (Å²) in [7, 11) is 0. The van der Waals surface area contributed by atoms with Crippen LogP contribution < -0.4 is 5.32 Å². The molecule has 1 aromatic heterocycles. The van der Waals surface area contributed by atoms with Crippen LogP contribution in [0.4, 0.5) is 4.79 Å². The van der Waals surface area contributed by atoms with Crippen LogP contribution in [0.3, 0.4) is 0 Å². The number of aromatic nitrogens is 1. The van der Waals surface area contributed by atoms with Crippen LogP contribution >= 0.6 is 0 Å². The van der Waals surface area contributed by atoms with Gasteiger partial charge in [-0.25, -0.2) is 4.79 Å². The van der Waals surface area contributed by atoms with Crippen LogP contribution in [0.15, 0.2) is 24.4 Å². The maximum Gasteiger partial charge on any atom is 0.325 e. The molecule has 2 aliphatic heterocycles. The van der Waals surface area contributed by atoms with Crippen molar-refractivity contribution in [2.45, 2.75) is 32.7 Å². The molecule has 0 bridgehead atoms. The van der Waals surface area contributed by atoms with Gasteiger partial charge in [0.15, 0.2) is 5.54 Å². The summed E-state index contributed by atoms with van der Waals surface area (Å²) in [6, 6.07) is 4.65. The number of carbonyl (C=O) groups is 3. The van der Waals surface area contributed by atoms with Crippen LogP contribution in [0, 0.1) is 11.8 Å². The van der Waals surface area contributed by atoms with Gasteiger partial charge in [-0.1, -0.05) is 19.9 Å². The minimum atomic E-state index is -1.24. The number of amides is 4. The van der Waals surface area contributed by atoms with E-state index in [0.717, 1.165) is 11.3 Å². The first-order valence-corrected chi connectivity index (χ1v) is 8.64. The van der Waals surface area contributed by atoms with Crippen LogP contribution in [-0.4, -0.2) is 52.3 Å². The molecule has 0 aromatic carbocycles. The van der Waals surface area contributed by atoms with Crippen molar-refractivity contribution in [2.75, 3.05) is 19.6 Å². The van der Waals surface area contributed by atoms with Gasteiger partial charge in [0, 0.05) is 19.3 Å². The first-order chi connectivity index (χ1) is 11.8. The Morgan fingerprint density at radius 1 is 1.28 bits per heavy atom. The maximum absolute atomic E-state index is 12.8. The molecule has 7 nitrogen and oxygen atoms in total. The number of nitrogens with one attached hydrogen (secondary N) is 1. The van der Waals surface area contributed by atoms with Gasteiger partial charge in [-0.3, -0.25) is 19.5 Å². The van der Waals surface area contributed by atoms with E-state index in [4.69, 9.17) is 0 Å². The smallest absolute Gasteiger partial charge is 0.325 e. The fourth-order valence-electron chi connectivity index (χ4n) is 3.77. The number of imide groups is 1. The lowest BCUT2D eigenvalue weighted by atomic mass is 9.92. The topological polar surface area (TPSA) is 82.6 Å². The molecule has 0 spiro atoms. The fraction of sp³-hybridized carbons (Fsp3) is 0.556. The molecule has 0 aliphatic carbocycles. The average molecular weight is 344 g/mol. The Hall–Kier alpha value is -2.44. The molecule has 134 valence electrons. The van der Waals surface area contributed by atoms with E-state index in [1.165, 1.54) is 0 Å². The Morgan fingerprint density at radius 2 is 1.96 bits per heavy atom. The van der Waals surface area contributed by atoms with Crippen LogP contribution in [0.25, 0.3) is 0 Å². The molecule has 1 N–H and O–H groups in total. The van der Waals surface area contributed by atoms with E-state index in [-0.39, 0.29) is 12.5 Å². The summed E-state index contributed by atoms with van der Waals surface area (Å²) >= 11 is 0. The molecule has 2 fully saturated rings. The van der Waals surface area contributed by atoms with E-state index in [9.17, 15) is 14.4 Å². The van der Waals surface area contributed by atoms with Crippen molar-refractivity contribution in [3.63, 3.8) is 0 Å². The normalized spacial score (nSPS) is 29.7. The minimum absolute atomic E-state index is 0.188. The summed E-state index contributed by atoms with van der Waals surface area (Å²) in [5, 5.41) is 2.68. The molecule has 3 heterocycles. The molecule has 4 amide bonds. The van der Waals surface area contributed by atoms with Gasteiger partial charge in [0.25, 0.3) is 5.91 Å². The quantitative estimate of drug-likeness (QED) is 0.839. The van der Waals surface area contributed by atoms with Crippen molar-refractivity contribution in [1.29, 1.82) is 0 Å². The summed E-state index contributed by atoms with van der Waals surface area (Å²) in [4.78, 5) is 44.7. The lowest BCUT2D eigenvalue weighted by molar-refractivity contribution is -0.140. The Bertz CT molecular complexity index is 683. The third-order valence-corrected chi connectivity index (χ3v) is 4.97. The van der Waals surface area contributed by atoms with Gasteiger partial charge in [-0.05, 0) is 37.3 Å². The number of nitrogens with zero attached hydrogens (tertiary/aromatic N) is 3. The van der Waals surface area contributed by atoms with E-state index in [1.807, 2.05) is 0 Å². The monoisotopic (exact) mass is 344 g/mol. The summed E-state index contributed by atoms with van der Waals surface area (Å²) in [6.45, 7) is 6.95. The highest BCUT2D eigenvalue weighted by Crippen LogP contribution is 2.27. The van der Waals surface area contributed by atoms with E-state index >= 15 is 0 Å². The Balaban J connectivity index is 1.74. The highest BCUT2D eigenvalue weighted by Gasteiger charge is 2.50. The molecule has 0 saturated carbocycles. The third kappa shape index (κ3) is 3.23. The Kier molecular flexibility index (Phi) is 4.49. The number of carbonyl (C=O) groups excluding carboxylic acids is 3. The summed E-state index contributed by atoms with van der Waals surface area (Å²) in [5.41, 5.74) is -0.773. The number of rotatable bonds is 3. The largest absolute Gasteiger partial charge is 0.341 e. The second-order valence-electron chi connectivity index (χ2n) is 7.41. The van der Waals surface area contributed by atoms with Crippen molar-refractivity contribution in [3.8, 4) is 0 Å². The zero-order chi connectivity index (χ0) is 18.2. The van der Waals surface area contributed by atoms with Crippen molar-refractivity contribution in [2.24, 2.45) is 11.8 Å². The van der Waals surface area contributed by atoms with Gasteiger partial charge < -0.3 is 10.2 Å². The zero-order valence-electron chi connectivity index (χ0n) is 14.9. The second-order valence-corrected chi connectivity index (χ2v) is 7.41. The molecule has 3 rings (SSSR count). The Morgan fingerprint density at radius 3 is 2.56 bits per heavy atom. The molecule has 1 aromatic rings. The second kappa shape index (κ2) is 6.46. The van der Waals surface area contributed by atoms with Crippen LogP contribution in [0.2, 0.25) is 0 Å². The van der Waals surface area contributed by atoms with Crippen LogP contribution in [-0.2, 0) is 15.1 Å². The first kappa shape index (κ1) is 17.4. The van der Waals surface area contributed by atoms with Crippen molar-refractivity contribution < 1.29 is 14.4 Å². The predicted molar refractivity (Wildman–Crippen MR) is 91.4 cm³/mol. The van der Waals surface area contributed by atoms with Crippen LogP contribution in [0.5, 0.6) is 0 Å².